The molecule has 0 saturated carbocycles. The number of para-hydroxylation sites is 2. The number of imidazole rings is 1. The van der Waals surface area contributed by atoms with E-state index in [4.69, 9.17) is 34.8 Å². The molecule has 22 heavy (non-hydrogen) atoms. The van der Waals surface area contributed by atoms with Gasteiger partial charge in [-0.1, -0.05) is 46.9 Å². The lowest BCUT2D eigenvalue weighted by atomic mass is 10.3. The molecule has 1 heterocycles. The number of nitrogens with zero attached hydrogens (tertiary/aromatic N) is 2. The molecule has 0 radical (unpaired) electrons. The largest absolute Gasteiger partial charge is 0.271 e. The maximum absolute atomic E-state index is 13.0. The molecule has 3 rings (SSSR count). The van der Waals surface area contributed by atoms with Crippen molar-refractivity contribution in [1.82, 2.24) is 8.96 Å². The number of hydrogen-bond acceptors (Lipinski definition) is 3. The Balaban J connectivity index is 2.35. The molecule has 0 N–H and O–H groups in total. The van der Waals surface area contributed by atoms with E-state index < -0.39 is 10.0 Å². The van der Waals surface area contributed by atoms with Crippen molar-refractivity contribution >= 4 is 55.9 Å². The summed E-state index contributed by atoms with van der Waals surface area (Å²) in [4.78, 5) is 4.14. The van der Waals surface area contributed by atoms with Crippen LogP contribution in [0.4, 0.5) is 0 Å². The van der Waals surface area contributed by atoms with Crippen LogP contribution in [0.5, 0.6) is 0 Å². The van der Waals surface area contributed by atoms with Crippen LogP contribution in [0.2, 0.25) is 15.1 Å². The van der Waals surface area contributed by atoms with E-state index in [0.717, 1.165) is 3.97 Å². The smallest absolute Gasteiger partial charge is 0.232 e. The number of aryl methyl sites for hydroxylation is 1. The molecule has 114 valence electrons. The quantitative estimate of drug-likeness (QED) is 0.618. The van der Waals surface area contributed by atoms with Crippen molar-refractivity contribution in [2.24, 2.45) is 0 Å². The normalized spacial score (nSPS) is 12.0. The minimum Gasteiger partial charge on any atom is -0.232 e. The number of benzene rings is 2. The standard InChI is InChI=1S/C14H9Cl3N2O2S/c1-8-18-10-4-2-3-5-11(10)19(8)22(20,21)12-7-6-9(15)13(16)14(12)17/h2-7H,1H3. The van der Waals surface area contributed by atoms with Crippen LogP contribution in [0.1, 0.15) is 5.82 Å². The van der Waals surface area contributed by atoms with Crippen molar-refractivity contribution in [2.45, 2.75) is 11.8 Å². The van der Waals surface area contributed by atoms with Gasteiger partial charge in [0, 0.05) is 0 Å². The second-order valence-corrected chi connectivity index (χ2v) is 7.51. The monoisotopic (exact) mass is 374 g/mol. The van der Waals surface area contributed by atoms with Crippen molar-refractivity contribution in [3.8, 4) is 0 Å². The third-order valence-corrected chi connectivity index (χ3v) is 6.44. The maximum Gasteiger partial charge on any atom is 0.271 e. The van der Waals surface area contributed by atoms with Gasteiger partial charge in [0.25, 0.3) is 10.0 Å². The SMILES string of the molecule is Cc1nc2ccccc2n1S(=O)(=O)c1ccc(Cl)c(Cl)c1Cl. The molecule has 0 aliphatic carbocycles. The van der Waals surface area contributed by atoms with Gasteiger partial charge in [0.2, 0.25) is 0 Å². The lowest BCUT2D eigenvalue weighted by Crippen LogP contribution is -2.15. The summed E-state index contributed by atoms with van der Waals surface area (Å²) in [6.45, 7) is 1.61. The highest BCUT2D eigenvalue weighted by Gasteiger charge is 2.26. The Bertz CT molecular complexity index is 997. The van der Waals surface area contributed by atoms with Crippen molar-refractivity contribution in [1.29, 1.82) is 0 Å². The van der Waals surface area contributed by atoms with Crippen molar-refractivity contribution in [2.75, 3.05) is 0 Å². The molecule has 1 aromatic heterocycles. The van der Waals surface area contributed by atoms with Crippen LogP contribution in [-0.2, 0) is 10.0 Å². The molecule has 0 fully saturated rings. The zero-order chi connectivity index (χ0) is 16.1. The Morgan fingerprint density at radius 2 is 1.68 bits per heavy atom. The van der Waals surface area contributed by atoms with Crippen LogP contribution in [0, 0.1) is 6.92 Å². The third kappa shape index (κ3) is 2.29. The summed E-state index contributed by atoms with van der Waals surface area (Å²) in [6.07, 6.45) is 0. The van der Waals surface area contributed by atoms with Gasteiger partial charge in [-0.2, -0.15) is 0 Å². The molecule has 0 atom stereocenters. The molecule has 0 saturated heterocycles. The van der Waals surface area contributed by atoms with Crippen molar-refractivity contribution < 1.29 is 8.42 Å². The molecular formula is C14H9Cl3N2O2S. The fourth-order valence-electron chi connectivity index (χ4n) is 2.23. The van der Waals surface area contributed by atoms with Crippen LogP contribution in [0.25, 0.3) is 11.0 Å². The first-order chi connectivity index (χ1) is 10.3. The first-order valence-electron chi connectivity index (χ1n) is 6.17. The van der Waals surface area contributed by atoms with E-state index in [9.17, 15) is 8.42 Å². The summed E-state index contributed by atoms with van der Waals surface area (Å²) in [5.41, 5.74) is 1.06. The third-order valence-electron chi connectivity index (χ3n) is 3.19. The number of rotatable bonds is 2. The highest BCUT2D eigenvalue weighted by atomic mass is 35.5. The van der Waals surface area contributed by atoms with Gasteiger partial charge in [-0.25, -0.2) is 17.4 Å². The van der Waals surface area contributed by atoms with Gasteiger partial charge in [-0.05, 0) is 31.2 Å². The first kappa shape index (κ1) is 15.6. The van der Waals surface area contributed by atoms with Gasteiger partial charge < -0.3 is 0 Å². The topological polar surface area (TPSA) is 52.0 Å². The van der Waals surface area contributed by atoms with Crippen LogP contribution in [0.3, 0.4) is 0 Å². The molecule has 4 nitrogen and oxygen atoms in total. The molecule has 2 aromatic carbocycles. The highest BCUT2D eigenvalue weighted by Crippen LogP contribution is 2.36. The summed E-state index contributed by atoms with van der Waals surface area (Å²) >= 11 is 17.9. The van der Waals surface area contributed by atoms with Crippen molar-refractivity contribution in [3.63, 3.8) is 0 Å². The Hall–Kier alpha value is -1.27. The van der Waals surface area contributed by atoms with E-state index >= 15 is 0 Å². The summed E-state index contributed by atoms with van der Waals surface area (Å²) in [6, 6.07) is 9.68. The van der Waals surface area contributed by atoms with Gasteiger partial charge in [0.05, 0.1) is 26.1 Å². The summed E-state index contributed by atoms with van der Waals surface area (Å²) in [7, 11) is -3.94. The first-order valence-corrected chi connectivity index (χ1v) is 8.74. The average Bonchev–Trinajstić information content (AvgIpc) is 2.80. The van der Waals surface area contributed by atoms with E-state index in [1.165, 1.54) is 12.1 Å². The molecule has 0 aliphatic heterocycles. The summed E-state index contributed by atoms with van der Waals surface area (Å²) in [5.74, 6) is 0.336. The highest BCUT2D eigenvalue weighted by molar-refractivity contribution is 7.90. The van der Waals surface area contributed by atoms with Crippen molar-refractivity contribution in [3.05, 3.63) is 57.3 Å². The van der Waals surface area contributed by atoms with E-state index in [-0.39, 0.29) is 20.0 Å². The molecule has 0 unspecified atom stereocenters. The van der Waals surface area contributed by atoms with Crippen LogP contribution in [0.15, 0.2) is 41.3 Å². The summed E-state index contributed by atoms with van der Waals surface area (Å²) < 4.78 is 27.0. The predicted molar refractivity (Wildman–Crippen MR) is 88.5 cm³/mol. The molecule has 3 aromatic rings. The van der Waals surface area contributed by atoms with Gasteiger partial charge in [0.15, 0.2) is 0 Å². The Morgan fingerprint density at radius 1 is 1.00 bits per heavy atom. The molecular weight excluding hydrogens is 367 g/mol. The second kappa shape index (κ2) is 5.42. The van der Waals surface area contributed by atoms with Gasteiger partial charge >= 0.3 is 0 Å². The lowest BCUT2D eigenvalue weighted by molar-refractivity contribution is 0.587. The van der Waals surface area contributed by atoms with Gasteiger partial charge in [-0.3, -0.25) is 0 Å². The zero-order valence-electron chi connectivity index (χ0n) is 11.2. The van der Waals surface area contributed by atoms with Gasteiger partial charge in [0.1, 0.15) is 10.7 Å². The fourth-order valence-corrected chi connectivity index (χ4v) is 4.68. The summed E-state index contributed by atoms with van der Waals surface area (Å²) in [5, 5.41) is 0.0932. The van der Waals surface area contributed by atoms with Crippen LogP contribution >= 0.6 is 34.8 Å². The van der Waals surface area contributed by atoms with Crippen LogP contribution < -0.4 is 0 Å². The number of halogens is 3. The second-order valence-electron chi connectivity index (χ2n) is 4.59. The number of fused-ring (bicyclic) bond motifs is 1. The Labute approximate surface area is 142 Å². The minimum absolute atomic E-state index is 0.00600. The molecule has 0 amide bonds. The minimum atomic E-state index is -3.94. The predicted octanol–water partition coefficient (Wildman–Crippen LogP) is 4.54. The average molecular weight is 376 g/mol. The number of aromatic nitrogens is 2. The van der Waals surface area contributed by atoms with Gasteiger partial charge in [-0.15, -0.1) is 0 Å². The molecule has 0 aliphatic rings. The van der Waals surface area contributed by atoms with E-state index in [0.29, 0.717) is 16.9 Å². The van der Waals surface area contributed by atoms with E-state index in [2.05, 4.69) is 4.98 Å². The Kier molecular flexibility index (Phi) is 3.85. The maximum atomic E-state index is 13.0. The lowest BCUT2D eigenvalue weighted by Gasteiger charge is -2.11. The zero-order valence-corrected chi connectivity index (χ0v) is 14.3. The number of hydrogen-bond donors (Lipinski definition) is 0. The van der Waals surface area contributed by atoms with Crippen LogP contribution in [-0.4, -0.2) is 17.4 Å². The molecule has 0 bridgehead atoms. The Morgan fingerprint density at radius 3 is 2.41 bits per heavy atom. The molecule has 0 spiro atoms. The fraction of sp³-hybridized carbons (Fsp3) is 0.0714. The molecule has 8 heteroatoms. The van der Waals surface area contributed by atoms with E-state index in [1.54, 1.807) is 31.2 Å². The van der Waals surface area contributed by atoms with E-state index in [1.807, 2.05) is 0 Å².